The Hall–Kier alpha value is -1.06. The molecule has 2 unspecified atom stereocenters. The highest BCUT2D eigenvalue weighted by Crippen LogP contribution is 2.25. The number of hydrogen-bond donors (Lipinski definition) is 2. The molecule has 4 heteroatoms. The Kier molecular flexibility index (Phi) is 5.44. The number of carbonyl (C=O) groups is 1. The van der Waals surface area contributed by atoms with Crippen LogP contribution >= 0.6 is 11.6 Å². The van der Waals surface area contributed by atoms with E-state index >= 15 is 0 Å². The number of hydrogen-bond acceptors (Lipinski definition) is 2. The van der Waals surface area contributed by atoms with E-state index in [1.807, 2.05) is 19.1 Å². The van der Waals surface area contributed by atoms with Crippen LogP contribution in [0.25, 0.3) is 0 Å². The number of aryl methyl sites for hydroxylation is 1. The zero-order valence-electron chi connectivity index (χ0n) is 11.9. The molecule has 1 aliphatic carbocycles. The van der Waals surface area contributed by atoms with E-state index in [1.54, 1.807) is 6.07 Å². The van der Waals surface area contributed by atoms with Gasteiger partial charge >= 0.3 is 0 Å². The summed E-state index contributed by atoms with van der Waals surface area (Å²) in [4.78, 5) is 12.4. The number of nitrogens with one attached hydrogen (secondary N) is 1. The number of benzene rings is 1. The number of aliphatic hydroxyl groups is 1. The van der Waals surface area contributed by atoms with Gasteiger partial charge < -0.3 is 10.4 Å². The lowest BCUT2D eigenvalue weighted by Gasteiger charge is -2.24. The van der Waals surface area contributed by atoms with Gasteiger partial charge in [0, 0.05) is 18.6 Å². The van der Waals surface area contributed by atoms with Crippen LogP contribution in [-0.4, -0.2) is 23.7 Å². The van der Waals surface area contributed by atoms with Crippen molar-refractivity contribution in [2.24, 2.45) is 5.92 Å². The van der Waals surface area contributed by atoms with E-state index in [1.165, 1.54) is 6.42 Å². The summed E-state index contributed by atoms with van der Waals surface area (Å²) in [6.07, 6.45) is 5.31. The highest BCUT2D eigenvalue weighted by atomic mass is 35.5. The fraction of sp³-hybridized carbons (Fsp3) is 0.562. The van der Waals surface area contributed by atoms with Gasteiger partial charge in [0.2, 0.25) is 0 Å². The van der Waals surface area contributed by atoms with Crippen molar-refractivity contribution < 1.29 is 9.90 Å². The van der Waals surface area contributed by atoms with Crippen LogP contribution in [0.1, 0.15) is 48.0 Å². The smallest absolute Gasteiger partial charge is 0.253 e. The Morgan fingerprint density at radius 1 is 1.35 bits per heavy atom. The van der Waals surface area contributed by atoms with Gasteiger partial charge in [0.25, 0.3) is 5.91 Å². The molecule has 20 heavy (non-hydrogen) atoms. The zero-order chi connectivity index (χ0) is 14.5. The Bertz CT molecular complexity index is 476. The lowest BCUT2D eigenvalue weighted by molar-refractivity contribution is 0.0899. The summed E-state index contributed by atoms with van der Waals surface area (Å²) >= 11 is 6.20. The first kappa shape index (κ1) is 15.3. The van der Waals surface area contributed by atoms with Gasteiger partial charge in [-0.1, -0.05) is 43.0 Å². The average Bonchev–Trinajstić information content (AvgIpc) is 2.66. The second kappa shape index (κ2) is 7.09. The Labute approximate surface area is 125 Å². The maximum absolute atomic E-state index is 12.4. The minimum Gasteiger partial charge on any atom is -0.396 e. The minimum atomic E-state index is -0.135. The Balaban J connectivity index is 2.11. The van der Waals surface area contributed by atoms with E-state index in [9.17, 15) is 9.90 Å². The number of halogens is 1. The molecule has 0 aromatic heterocycles. The molecule has 2 atom stereocenters. The molecular formula is C16H22ClNO2. The number of aliphatic hydroxyl groups excluding tert-OH is 1. The first-order valence-corrected chi connectivity index (χ1v) is 7.68. The molecule has 1 aromatic rings. The third-order valence-corrected chi connectivity index (χ3v) is 4.65. The summed E-state index contributed by atoms with van der Waals surface area (Å²) in [7, 11) is 0. The topological polar surface area (TPSA) is 49.3 Å². The SMILES string of the molecule is Cc1cccc(C(=O)NC2CCCCCC2CO)c1Cl. The quantitative estimate of drug-likeness (QED) is 0.841. The first-order chi connectivity index (χ1) is 9.63. The van der Waals surface area contributed by atoms with Gasteiger partial charge in [-0.2, -0.15) is 0 Å². The minimum absolute atomic E-state index is 0.0478. The second-order valence-electron chi connectivity index (χ2n) is 5.60. The molecule has 3 nitrogen and oxygen atoms in total. The highest BCUT2D eigenvalue weighted by Gasteiger charge is 2.25. The van der Waals surface area contributed by atoms with E-state index < -0.39 is 0 Å². The molecule has 2 rings (SSSR count). The van der Waals surface area contributed by atoms with Crippen molar-refractivity contribution in [2.75, 3.05) is 6.61 Å². The molecule has 1 saturated carbocycles. The monoisotopic (exact) mass is 295 g/mol. The summed E-state index contributed by atoms with van der Waals surface area (Å²) in [5.41, 5.74) is 1.42. The van der Waals surface area contributed by atoms with Crippen molar-refractivity contribution in [1.29, 1.82) is 0 Å². The van der Waals surface area contributed by atoms with Crippen molar-refractivity contribution in [3.8, 4) is 0 Å². The molecule has 1 amide bonds. The normalized spacial score (nSPS) is 23.1. The van der Waals surface area contributed by atoms with Crippen LogP contribution in [0.3, 0.4) is 0 Å². The fourth-order valence-electron chi connectivity index (χ4n) is 2.86. The zero-order valence-corrected chi connectivity index (χ0v) is 12.6. The Morgan fingerprint density at radius 2 is 2.10 bits per heavy atom. The van der Waals surface area contributed by atoms with Crippen LogP contribution < -0.4 is 5.32 Å². The number of rotatable bonds is 3. The van der Waals surface area contributed by atoms with E-state index in [4.69, 9.17) is 11.6 Å². The van der Waals surface area contributed by atoms with Gasteiger partial charge in [-0.3, -0.25) is 4.79 Å². The van der Waals surface area contributed by atoms with Crippen molar-refractivity contribution in [2.45, 2.75) is 45.1 Å². The lowest BCUT2D eigenvalue weighted by Crippen LogP contribution is -2.41. The van der Waals surface area contributed by atoms with Gasteiger partial charge in [-0.25, -0.2) is 0 Å². The molecule has 110 valence electrons. The largest absolute Gasteiger partial charge is 0.396 e. The molecule has 1 aliphatic rings. The van der Waals surface area contributed by atoms with E-state index in [2.05, 4.69) is 5.32 Å². The molecule has 1 aromatic carbocycles. The van der Waals surface area contributed by atoms with Crippen LogP contribution in [0.4, 0.5) is 0 Å². The van der Waals surface area contributed by atoms with Gasteiger partial charge in [-0.15, -0.1) is 0 Å². The molecule has 0 spiro atoms. The fourth-order valence-corrected chi connectivity index (χ4v) is 3.07. The van der Waals surface area contributed by atoms with Crippen molar-refractivity contribution >= 4 is 17.5 Å². The molecule has 0 aliphatic heterocycles. The summed E-state index contributed by atoms with van der Waals surface area (Å²) in [5.74, 6) is 0.0223. The van der Waals surface area contributed by atoms with E-state index in [0.29, 0.717) is 10.6 Å². The molecule has 0 heterocycles. The summed E-state index contributed by atoms with van der Waals surface area (Å²) in [6.45, 7) is 2.02. The first-order valence-electron chi connectivity index (χ1n) is 7.30. The van der Waals surface area contributed by atoms with E-state index in [-0.39, 0.29) is 24.5 Å². The predicted molar refractivity (Wildman–Crippen MR) is 81.1 cm³/mol. The predicted octanol–water partition coefficient (Wildman–Crippen LogP) is 3.32. The van der Waals surface area contributed by atoms with Crippen LogP contribution in [0.5, 0.6) is 0 Å². The van der Waals surface area contributed by atoms with Crippen LogP contribution in [0, 0.1) is 12.8 Å². The lowest BCUT2D eigenvalue weighted by atomic mass is 9.95. The van der Waals surface area contributed by atoms with Crippen LogP contribution in [0.15, 0.2) is 18.2 Å². The maximum Gasteiger partial charge on any atom is 0.253 e. The molecule has 0 bridgehead atoms. The van der Waals surface area contributed by atoms with Crippen molar-refractivity contribution in [1.82, 2.24) is 5.32 Å². The number of carbonyl (C=O) groups excluding carboxylic acids is 1. The van der Waals surface area contributed by atoms with Gasteiger partial charge in [0.1, 0.15) is 0 Å². The van der Waals surface area contributed by atoms with Gasteiger partial charge in [0.05, 0.1) is 10.6 Å². The van der Waals surface area contributed by atoms with Crippen molar-refractivity contribution in [3.05, 3.63) is 34.3 Å². The summed E-state index contributed by atoms with van der Waals surface area (Å²) < 4.78 is 0. The molecule has 2 N–H and O–H groups in total. The number of amides is 1. The van der Waals surface area contributed by atoms with E-state index in [0.717, 1.165) is 31.2 Å². The second-order valence-corrected chi connectivity index (χ2v) is 5.98. The van der Waals surface area contributed by atoms with Crippen LogP contribution in [-0.2, 0) is 0 Å². The third kappa shape index (κ3) is 3.53. The summed E-state index contributed by atoms with van der Waals surface area (Å²) in [6, 6.07) is 5.52. The standard InChI is InChI=1S/C16H22ClNO2/c1-11-6-5-8-13(15(11)17)16(20)18-14-9-4-2-3-7-12(14)10-19/h5-6,8,12,14,19H,2-4,7,9-10H2,1H3,(H,18,20). The molecular weight excluding hydrogens is 274 g/mol. The average molecular weight is 296 g/mol. The van der Waals surface area contributed by atoms with Crippen LogP contribution in [0.2, 0.25) is 5.02 Å². The highest BCUT2D eigenvalue weighted by molar-refractivity contribution is 6.34. The Morgan fingerprint density at radius 3 is 2.85 bits per heavy atom. The van der Waals surface area contributed by atoms with Gasteiger partial charge in [0.15, 0.2) is 0 Å². The molecule has 1 fully saturated rings. The molecule has 0 radical (unpaired) electrons. The van der Waals surface area contributed by atoms with Crippen molar-refractivity contribution in [3.63, 3.8) is 0 Å². The maximum atomic E-state index is 12.4. The van der Waals surface area contributed by atoms with Gasteiger partial charge in [-0.05, 0) is 31.4 Å². The molecule has 0 saturated heterocycles. The third-order valence-electron chi connectivity index (χ3n) is 4.15. The summed E-state index contributed by atoms with van der Waals surface area (Å²) in [5, 5.41) is 13.1.